The van der Waals surface area contributed by atoms with Crippen molar-refractivity contribution in [2.24, 2.45) is 17.3 Å². The number of rotatable bonds is 8. The summed E-state index contributed by atoms with van der Waals surface area (Å²) in [6.45, 7) is 7.27. The third-order valence-electron chi connectivity index (χ3n) is 9.48. The minimum absolute atomic E-state index is 0.00851. The van der Waals surface area contributed by atoms with Gasteiger partial charge in [0.05, 0.1) is 32.7 Å². The topological polar surface area (TPSA) is 120 Å². The van der Waals surface area contributed by atoms with Crippen molar-refractivity contribution >= 4 is 57.9 Å². The molecule has 254 valence electrons. The van der Waals surface area contributed by atoms with E-state index in [4.69, 9.17) is 27.9 Å². The van der Waals surface area contributed by atoms with Crippen LogP contribution < -0.4 is 21.3 Å². The van der Waals surface area contributed by atoms with Gasteiger partial charge in [0.2, 0.25) is 5.95 Å². The summed E-state index contributed by atoms with van der Waals surface area (Å²) < 4.78 is 44.9. The second kappa shape index (κ2) is 12.7. The molecule has 0 spiro atoms. The number of aromatic amines is 1. The van der Waals surface area contributed by atoms with E-state index in [0.29, 0.717) is 56.2 Å². The SMILES string of the molecule is CC(C)(C)OC(=O)NCc1ccc(Cl)c(Nc2nc3cc(C(=O)N[C@H]4CC[C@H](C(F)(F)F)CC4)c(CC45CNCC4C5)cc3[nH]2)c1Cl. The number of H-pyrrole nitrogens is 1. The molecule has 47 heavy (non-hydrogen) atoms. The molecule has 2 heterocycles. The van der Waals surface area contributed by atoms with Crippen molar-refractivity contribution in [1.82, 2.24) is 25.9 Å². The van der Waals surface area contributed by atoms with Crippen molar-refractivity contribution in [3.63, 3.8) is 0 Å². The van der Waals surface area contributed by atoms with Crippen LogP contribution in [0.3, 0.4) is 0 Å². The average Bonchev–Trinajstić information content (AvgIpc) is 3.28. The number of hydrogen-bond donors (Lipinski definition) is 5. The van der Waals surface area contributed by atoms with Gasteiger partial charge >= 0.3 is 12.3 Å². The number of piperidine rings is 1. The van der Waals surface area contributed by atoms with E-state index in [0.717, 1.165) is 25.1 Å². The second-order valence-electron chi connectivity index (χ2n) is 14.1. The molecule has 3 aromatic rings. The van der Waals surface area contributed by atoms with Crippen LogP contribution in [0.5, 0.6) is 0 Å². The fourth-order valence-corrected chi connectivity index (χ4v) is 7.42. The molecule has 6 rings (SSSR count). The first-order valence-corrected chi connectivity index (χ1v) is 16.7. The number of benzene rings is 2. The number of aromatic nitrogens is 2. The Morgan fingerprint density at radius 3 is 2.47 bits per heavy atom. The summed E-state index contributed by atoms with van der Waals surface area (Å²) in [4.78, 5) is 33.8. The standard InChI is InChI=1S/C33H39Cl2F3N6O3/c1-31(2,3)47-30(46)40-14-17-4-9-23(34)27(26(17)35)44-29-42-24-10-18(12-32-13-20(32)15-39-16-32)22(11-25(24)43-29)28(45)41-21-7-5-19(6-8-21)33(36,37)38/h4,9-11,19-21,39H,5-8,12-16H2,1-3H3,(H,40,46)(H,41,45)(H2,42,43,44)/t19-,20?,21-,32?. The Morgan fingerprint density at radius 2 is 1.83 bits per heavy atom. The lowest BCUT2D eigenvalue weighted by Crippen LogP contribution is -2.40. The van der Waals surface area contributed by atoms with E-state index in [-0.39, 0.29) is 49.6 Å². The number of amides is 2. The van der Waals surface area contributed by atoms with Gasteiger partial charge in [-0.05, 0) is 106 Å². The van der Waals surface area contributed by atoms with Crippen molar-refractivity contribution in [3.05, 3.63) is 51.0 Å². The molecular weight excluding hydrogens is 656 g/mol. The molecule has 2 aliphatic carbocycles. The lowest BCUT2D eigenvalue weighted by molar-refractivity contribution is -0.182. The predicted octanol–water partition coefficient (Wildman–Crippen LogP) is 7.64. The molecule has 2 aromatic carbocycles. The number of halogens is 5. The zero-order valence-corrected chi connectivity index (χ0v) is 28.0. The van der Waals surface area contributed by atoms with Crippen LogP contribution in [0, 0.1) is 17.3 Å². The molecule has 2 saturated carbocycles. The van der Waals surface area contributed by atoms with Crippen LogP contribution in [0.1, 0.15) is 74.4 Å². The molecule has 9 nitrogen and oxygen atoms in total. The molecule has 2 unspecified atom stereocenters. The van der Waals surface area contributed by atoms with Crippen molar-refractivity contribution in [3.8, 4) is 0 Å². The Kier molecular flexibility index (Phi) is 9.08. The number of carbonyl (C=O) groups is 2. The molecule has 2 atom stereocenters. The smallest absolute Gasteiger partial charge is 0.407 e. The van der Waals surface area contributed by atoms with Gasteiger partial charge in [-0.3, -0.25) is 4.79 Å². The van der Waals surface area contributed by atoms with Crippen molar-refractivity contribution < 1.29 is 27.5 Å². The molecule has 3 fully saturated rings. The van der Waals surface area contributed by atoms with E-state index in [2.05, 4.69) is 31.2 Å². The quantitative estimate of drug-likeness (QED) is 0.165. The highest BCUT2D eigenvalue weighted by atomic mass is 35.5. The highest BCUT2D eigenvalue weighted by molar-refractivity contribution is 6.39. The summed E-state index contributed by atoms with van der Waals surface area (Å²) >= 11 is 13.2. The van der Waals surface area contributed by atoms with E-state index < -0.39 is 23.8 Å². The Bertz CT molecular complexity index is 1680. The third kappa shape index (κ3) is 7.60. The van der Waals surface area contributed by atoms with Crippen molar-refractivity contribution in [1.29, 1.82) is 0 Å². The number of imidazole rings is 1. The van der Waals surface area contributed by atoms with Crippen LogP contribution in [0.25, 0.3) is 11.0 Å². The van der Waals surface area contributed by atoms with Gasteiger partial charge < -0.3 is 31.0 Å². The molecule has 3 aliphatic rings. The number of alkyl carbamates (subject to hydrolysis) is 1. The molecule has 0 radical (unpaired) electrons. The third-order valence-corrected chi connectivity index (χ3v) is 10.2. The highest BCUT2D eigenvalue weighted by Crippen LogP contribution is 2.57. The van der Waals surface area contributed by atoms with Crippen LogP contribution in [0.2, 0.25) is 10.0 Å². The molecule has 2 amide bonds. The molecule has 1 aromatic heterocycles. The first kappa shape index (κ1) is 33.7. The van der Waals surface area contributed by atoms with Gasteiger partial charge in [-0.15, -0.1) is 0 Å². The van der Waals surface area contributed by atoms with Gasteiger partial charge in [0.15, 0.2) is 0 Å². The van der Waals surface area contributed by atoms with Gasteiger partial charge in [-0.1, -0.05) is 29.3 Å². The largest absolute Gasteiger partial charge is 0.444 e. The molecule has 5 N–H and O–H groups in total. The van der Waals surface area contributed by atoms with Gasteiger partial charge in [0, 0.05) is 24.7 Å². The Labute approximate surface area is 281 Å². The number of nitrogens with zero attached hydrogens (tertiary/aromatic N) is 1. The lowest BCUT2D eigenvalue weighted by atomic mass is 9.85. The zero-order valence-electron chi connectivity index (χ0n) is 26.5. The first-order valence-electron chi connectivity index (χ1n) is 15.9. The molecule has 14 heteroatoms. The van der Waals surface area contributed by atoms with Gasteiger partial charge in [-0.25, -0.2) is 9.78 Å². The molecule has 1 saturated heterocycles. The number of alkyl halides is 3. The fraction of sp³-hybridized carbons (Fsp3) is 0.545. The maximum absolute atomic E-state index is 13.7. The van der Waals surface area contributed by atoms with E-state index in [1.165, 1.54) is 0 Å². The summed E-state index contributed by atoms with van der Waals surface area (Å²) in [7, 11) is 0. The second-order valence-corrected chi connectivity index (χ2v) is 14.9. The Hall–Kier alpha value is -3.22. The summed E-state index contributed by atoms with van der Waals surface area (Å²) in [5.74, 6) is -0.708. The van der Waals surface area contributed by atoms with Gasteiger partial charge in [0.25, 0.3) is 5.91 Å². The molecule has 1 aliphatic heterocycles. The number of nitrogens with one attached hydrogen (secondary N) is 5. The number of anilines is 2. The monoisotopic (exact) mass is 694 g/mol. The van der Waals surface area contributed by atoms with Crippen molar-refractivity contribution in [2.75, 3.05) is 18.4 Å². The van der Waals surface area contributed by atoms with Gasteiger partial charge in [-0.2, -0.15) is 13.2 Å². The van der Waals surface area contributed by atoms with E-state index in [9.17, 15) is 22.8 Å². The predicted molar refractivity (Wildman–Crippen MR) is 175 cm³/mol. The van der Waals surface area contributed by atoms with Crippen molar-refractivity contribution in [2.45, 2.75) is 83.7 Å². The number of ether oxygens (including phenoxy) is 1. The summed E-state index contributed by atoms with van der Waals surface area (Å²) in [6, 6.07) is 6.73. The Balaban J connectivity index is 1.23. The summed E-state index contributed by atoms with van der Waals surface area (Å²) in [5, 5.41) is 12.9. The normalized spacial score (nSPS) is 24.1. The minimum atomic E-state index is -4.21. The number of carbonyl (C=O) groups excluding carboxylic acids is 2. The molecular formula is C33H39Cl2F3N6O3. The van der Waals surface area contributed by atoms with E-state index >= 15 is 0 Å². The number of fused-ring (bicyclic) bond motifs is 2. The van der Waals surface area contributed by atoms with Gasteiger partial charge in [0.1, 0.15) is 5.60 Å². The maximum atomic E-state index is 13.7. The van der Waals surface area contributed by atoms with Crippen LogP contribution >= 0.6 is 23.2 Å². The van der Waals surface area contributed by atoms with Crippen LogP contribution in [-0.4, -0.2) is 52.9 Å². The average molecular weight is 696 g/mol. The van der Waals surface area contributed by atoms with E-state index in [1.807, 2.05) is 6.07 Å². The lowest BCUT2D eigenvalue weighted by Gasteiger charge is -2.30. The fourth-order valence-electron chi connectivity index (χ4n) is 6.88. The van der Waals surface area contributed by atoms with Crippen LogP contribution in [0.4, 0.5) is 29.6 Å². The molecule has 0 bridgehead atoms. The zero-order chi connectivity index (χ0) is 33.7. The van der Waals surface area contributed by atoms with E-state index in [1.54, 1.807) is 39.0 Å². The Morgan fingerprint density at radius 1 is 1.09 bits per heavy atom. The maximum Gasteiger partial charge on any atom is 0.407 e. The number of hydrogen-bond acceptors (Lipinski definition) is 6. The first-order chi connectivity index (χ1) is 22.1. The van der Waals surface area contributed by atoms with Crippen LogP contribution in [0.15, 0.2) is 24.3 Å². The van der Waals surface area contributed by atoms with Crippen LogP contribution in [-0.2, 0) is 17.7 Å². The highest BCUT2D eigenvalue weighted by Gasteiger charge is 2.56. The minimum Gasteiger partial charge on any atom is -0.444 e. The summed E-state index contributed by atoms with van der Waals surface area (Å²) in [5.41, 5.74) is 3.04. The summed E-state index contributed by atoms with van der Waals surface area (Å²) in [6.07, 6.45) is -2.40.